The van der Waals surface area contributed by atoms with E-state index in [9.17, 15) is 9.59 Å². The second-order valence-electron chi connectivity index (χ2n) is 9.37. The fourth-order valence-corrected chi connectivity index (χ4v) is 4.22. The molecule has 2 amide bonds. The largest absolute Gasteiger partial charge is 0.457 e. The van der Waals surface area contributed by atoms with E-state index in [1.165, 1.54) is 10.5 Å². The Bertz CT molecular complexity index is 1200. The zero-order chi connectivity index (χ0) is 24.5. The van der Waals surface area contributed by atoms with Gasteiger partial charge in [0.15, 0.2) is 0 Å². The molecule has 176 valence electrons. The Morgan fingerprint density at radius 1 is 0.971 bits per heavy atom. The van der Waals surface area contributed by atoms with Crippen LogP contribution in [0.3, 0.4) is 0 Å². The molecule has 0 aromatic heterocycles. The van der Waals surface area contributed by atoms with Crippen molar-refractivity contribution < 1.29 is 14.3 Å². The topological polar surface area (TPSA) is 58.6 Å². The van der Waals surface area contributed by atoms with E-state index < -0.39 is 5.92 Å². The molecule has 0 saturated carbocycles. The number of nitrogens with zero attached hydrogens (tertiary/aromatic N) is 1. The Kier molecular flexibility index (Phi) is 6.87. The van der Waals surface area contributed by atoms with Gasteiger partial charge in [-0.25, -0.2) is 0 Å². The Balaban J connectivity index is 1.36. The number of rotatable bonds is 5. The number of carbonyl (C=O) groups excluding carboxylic acids is 2. The van der Waals surface area contributed by atoms with Crippen molar-refractivity contribution in [1.29, 1.82) is 0 Å². The number of halogens is 2. The lowest BCUT2D eigenvalue weighted by Gasteiger charge is -2.19. The van der Waals surface area contributed by atoms with Gasteiger partial charge in [0.05, 0.1) is 21.7 Å². The quantitative estimate of drug-likeness (QED) is 0.410. The second kappa shape index (κ2) is 9.69. The molecule has 34 heavy (non-hydrogen) atoms. The van der Waals surface area contributed by atoms with Crippen LogP contribution in [-0.4, -0.2) is 18.4 Å². The summed E-state index contributed by atoms with van der Waals surface area (Å²) in [4.78, 5) is 26.8. The number of carbonyl (C=O) groups is 2. The van der Waals surface area contributed by atoms with E-state index in [0.29, 0.717) is 27.2 Å². The summed E-state index contributed by atoms with van der Waals surface area (Å²) in [5.74, 6) is 0.541. The highest BCUT2D eigenvalue weighted by atomic mass is 35.5. The van der Waals surface area contributed by atoms with E-state index in [1.54, 1.807) is 42.5 Å². The molecule has 1 aliphatic rings. The normalized spacial score (nSPS) is 16.0. The lowest BCUT2D eigenvalue weighted by molar-refractivity contribution is -0.122. The maximum Gasteiger partial charge on any atom is 0.229 e. The van der Waals surface area contributed by atoms with E-state index in [1.807, 2.05) is 12.1 Å². The van der Waals surface area contributed by atoms with Crippen molar-refractivity contribution in [3.63, 3.8) is 0 Å². The minimum absolute atomic E-state index is 0.0831. The minimum Gasteiger partial charge on any atom is -0.457 e. The molecule has 1 N–H and O–H groups in total. The van der Waals surface area contributed by atoms with Gasteiger partial charge in [0.25, 0.3) is 0 Å². The van der Waals surface area contributed by atoms with Crippen LogP contribution in [0.5, 0.6) is 11.5 Å². The van der Waals surface area contributed by atoms with Crippen LogP contribution in [0.15, 0.2) is 66.7 Å². The van der Waals surface area contributed by atoms with Gasteiger partial charge in [-0.05, 0) is 59.5 Å². The van der Waals surface area contributed by atoms with Gasteiger partial charge in [-0.15, -0.1) is 0 Å². The van der Waals surface area contributed by atoms with Crippen molar-refractivity contribution in [2.45, 2.75) is 32.6 Å². The first-order valence-corrected chi connectivity index (χ1v) is 11.8. The highest BCUT2D eigenvalue weighted by molar-refractivity contribution is 6.44. The van der Waals surface area contributed by atoms with Crippen molar-refractivity contribution >= 4 is 46.4 Å². The third-order valence-corrected chi connectivity index (χ3v) is 6.60. The third kappa shape index (κ3) is 5.37. The molecule has 0 radical (unpaired) electrons. The molecular weight excluding hydrogens is 471 g/mol. The number of amides is 2. The van der Waals surface area contributed by atoms with E-state index in [4.69, 9.17) is 27.9 Å². The first kappa shape index (κ1) is 24.1. The highest BCUT2D eigenvalue weighted by Gasteiger charge is 2.36. The number of anilines is 2. The van der Waals surface area contributed by atoms with Crippen molar-refractivity contribution in [3.8, 4) is 11.5 Å². The van der Waals surface area contributed by atoms with Crippen LogP contribution in [0, 0.1) is 5.92 Å². The molecule has 1 fully saturated rings. The molecule has 1 aliphatic heterocycles. The molecule has 3 aromatic rings. The van der Waals surface area contributed by atoms with Crippen LogP contribution in [0.25, 0.3) is 0 Å². The number of nitrogens with one attached hydrogen (secondary N) is 1. The van der Waals surface area contributed by atoms with Gasteiger partial charge in [-0.1, -0.05) is 62.2 Å². The summed E-state index contributed by atoms with van der Waals surface area (Å²) < 4.78 is 5.92. The van der Waals surface area contributed by atoms with Crippen LogP contribution in [0.4, 0.5) is 11.4 Å². The summed E-state index contributed by atoms with van der Waals surface area (Å²) in [6, 6.07) is 20.3. The summed E-state index contributed by atoms with van der Waals surface area (Å²) in [6.45, 7) is 6.75. The fourth-order valence-electron chi connectivity index (χ4n) is 3.83. The SMILES string of the molecule is CC(C)(C)c1ccc(Oc2ccc(NC(=O)[C@H]3CC(=O)N(c4cccc(Cl)c4Cl)C3)cc2)cc1. The fraction of sp³-hybridized carbons (Fsp3) is 0.259. The predicted octanol–water partition coefficient (Wildman–Crippen LogP) is 7.07. The number of hydrogen-bond donors (Lipinski definition) is 1. The summed E-state index contributed by atoms with van der Waals surface area (Å²) in [6.07, 6.45) is 0.112. The molecule has 0 bridgehead atoms. The second-order valence-corrected chi connectivity index (χ2v) is 10.2. The van der Waals surface area contributed by atoms with Crippen molar-refractivity contribution in [2.24, 2.45) is 5.92 Å². The average Bonchev–Trinajstić information content (AvgIpc) is 3.18. The molecule has 0 spiro atoms. The number of hydrogen-bond acceptors (Lipinski definition) is 3. The first-order chi connectivity index (χ1) is 16.1. The summed E-state index contributed by atoms with van der Waals surface area (Å²) in [5.41, 5.74) is 2.47. The summed E-state index contributed by atoms with van der Waals surface area (Å²) in [5, 5.41) is 3.56. The Hall–Kier alpha value is -3.02. The van der Waals surface area contributed by atoms with Gasteiger partial charge < -0.3 is 15.0 Å². The van der Waals surface area contributed by atoms with Gasteiger partial charge in [-0.2, -0.15) is 0 Å². The molecule has 4 rings (SSSR count). The molecule has 0 unspecified atom stereocenters. The molecule has 7 heteroatoms. The molecule has 1 heterocycles. The van der Waals surface area contributed by atoms with Crippen LogP contribution in [0.1, 0.15) is 32.8 Å². The van der Waals surface area contributed by atoms with Crippen molar-refractivity contribution in [1.82, 2.24) is 0 Å². The van der Waals surface area contributed by atoms with Crippen LogP contribution in [-0.2, 0) is 15.0 Å². The monoisotopic (exact) mass is 496 g/mol. The zero-order valence-corrected chi connectivity index (χ0v) is 20.8. The molecule has 1 atom stereocenters. The van der Waals surface area contributed by atoms with Crippen LogP contribution in [0.2, 0.25) is 10.0 Å². The Morgan fingerprint density at radius 3 is 2.21 bits per heavy atom. The lowest BCUT2D eigenvalue weighted by Crippen LogP contribution is -2.28. The van der Waals surface area contributed by atoms with Crippen molar-refractivity contribution in [2.75, 3.05) is 16.8 Å². The third-order valence-electron chi connectivity index (χ3n) is 5.80. The molecule has 3 aromatic carbocycles. The van der Waals surface area contributed by atoms with Crippen LogP contribution >= 0.6 is 23.2 Å². The molecule has 0 aliphatic carbocycles. The van der Waals surface area contributed by atoms with E-state index in [-0.39, 0.29) is 30.2 Å². The molecule has 5 nitrogen and oxygen atoms in total. The standard InChI is InChI=1S/C27H26Cl2N2O3/c1-27(2,3)18-7-11-20(12-8-18)34-21-13-9-19(10-14-21)30-26(33)17-15-24(32)31(16-17)23-6-4-5-22(28)25(23)29/h4-14,17H,15-16H2,1-3H3,(H,30,33)/t17-/m0/s1. The van der Waals surface area contributed by atoms with Gasteiger partial charge in [0.2, 0.25) is 11.8 Å². The highest BCUT2D eigenvalue weighted by Crippen LogP contribution is 2.36. The van der Waals surface area contributed by atoms with Gasteiger partial charge in [0, 0.05) is 18.7 Å². The summed E-state index contributed by atoms with van der Waals surface area (Å²) in [7, 11) is 0. The lowest BCUT2D eigenvalue weighted by atomic mass is 9.87. The number of ether oxygens (including phenoxy) is 1. The van der Waals surface area contributed by atoms with Gasteiger partial charge >= 0.3 is 0 Å². The van der Waals surface area contributed by atoms with E-state index >= 15 is 0 Å². The van der Waals surface area contributed by atoms with E-state index in [2.05, 4.69) is 38.2 Å². The number of benzene rings is 3. The van der Waals surface area contributed by atoms with E-state index in [0.717, 1.165) is 5.75 Å². The predicted molar refractivity (Wildman–Crippen MR) is 137 cm³/mol. The van der Waals surface area contributed by atoms with Crippen molar-refractivity contribution in [3.05, 3.63) is 82.3 Å². The zero-order valence-electron chi connectivity index (χ0n) is 19.3. The van der Waals surface area contributed by atoms with Crippen LogP contribution < -0.4 is 15.0 Å². The van der Waals surface area contributed by atoms with Gasteiger partial charge in [-0.3, -0.25) is 9.59 Å². The minimum atomic E-state index is -0.486. The maximum absolute atomic E-state index is 12.8. The Morgan fingerprint density at radius 2 is 1.59 bits per heavy atom. The van der Waals surface area contributed by atoms with Gasteiger partial charge in [0.1, 0.15) is 11.5 Å². The average molecular weight is 497 g/mol. The molecule has 1 saturated heterocycles. The molecular formula is C27H26Cl2N2O3. The Labute approximate surface area is 209 Å². The smallest absolute Gasteiger partial charge is 0.229 e. The maximum atomic E-state index is 12.8. The summed E-state index contributed by atoms with van der Waals surface area (Å²) >= 11 is 12.3. The first-order valence-electron chi connectivity index (χ1n) is 11.1.